The number of Topliss-reactive ketones (excluding diaryl/α,β-unsaturated/α-hetero) is 1. The average molecular weight is 432 g/mol. The van der Waals surface area contributed by atoms with Gasteiger partial charge in [-0.1, -0.05) is 18.2 Å². The van der Waals surface area contributed by atoms with E-state index in [9.17, 15) is 13.2 Å². The number of thiophene rings is 1. The van der Waals surface area contributed by atoms with Gasteiger partial charge in [0.2, 0.25) is 5.78 Å². The molecule has 0 saturated heterocycles. The second kappa shape index (κ2) is 8.40. The maximum atomic E-state index is 13.1. The molecular formula is C20H21N3O4S2. The van der Waals surface area contributed by atoms with Crippen LogP contribution >= 0.6 is 11.3 Å². The van der Waals surface area contributed by atoms with Crippen LogP contribution in [0.15, 0.2) is 59.3 Å². The summed E-state index contributed by atoms with van der Waals surface area (Å²) in [4.78, 5) is 20.8. The SMILES string of the molecule is CC(C)(C)OCC(=O)c1sccc1NS(=O)(=O)c1ccccc1-c1cncnc1. The van der Waals surface area contributed by atoms with Crippen LogP contribution in [0, 0.1) is 0 Å². The molecule has 0 aliphatic rings. The molecule has 0 atom stereocenters. The van der Waals surface area contributed by atoms with E-state index in [0.717, 1.165) is 0 Å². The molecule has 0 unspecified atom stereocenters. The zero-order valence-electron chi connectivity index (χ0n) is 16.2. The van der Waals surface area contributed by atoms with E-state index in [1.807, 2.05) is 20.8 Å². The maximum absolute atomic E-state index is 13.1. The number of carbonyl (C=O) groups excluding carboxylic acids is 1. The summed E-state index contributed by atoms with van der Waals surface area (Å²) in [7, 11) is -3.95. The van der Waals surface area contributed by atoms with E-state index in [0.29, 0.717) is 16.0 Å². The molecule has 0 radical (unpaired) electrons. The number of rotatable bonds is 7. The number of sulfonamides is 1. The monoisotopic (exact) mass is 431 g/mol. The predicted molar refractivity (Wildman–Crippen MR) is 113 cm³/mol. The quantitative estimate of drug-likeness (QED) is 0.568. The van der Waals surface area contributed by atoms with Crippen LogP contribution in [-0.4, -0.2) is 36.4 Å². The van der Waals surface area contributed by atoms with E-state index in [1.165, 1.54) is 23.7 Å². The van der Waals surface area contributed by atoms with Gasteiger partial charge in [0.25, 0.3) is 10.0 Å². The predicted octanol–water partition coefficient (Wildman–Crippen LogP) is 4.00. The van der Waals surface area contributed by atoms with E-state index >= 15 is 0 Å². The summed E-state index contributed by atoms with van der Waals surface area (Å²) < 4.78 is 34.3. The number of carbonyl (C=O) groups is 1. The minimum Gasteiger partial charge on any atom is -0.368 e. The third-order valence-electron chi connectivity index (χ3n) is 3.85. The lowest BCUT2D eigenvalue weighted by Crippen LogP contribution is -2.24. The molecule has 0 amide bonds. The van der Waals surface area contributed by atoms with Crippen molar-refractivity contribution in [3.05, 3.63) is 59.3 Å². The summed E-state index contributed by atoms with van der Waals surface area (Å²) in [5.41, 5.74) is 0.814. The fraction of sp³-hybridized carbons (Fsp3) is 0.250. The number of ether oxygens (including phenoxy) is 1. The van der Waals surface area contributed by atoms with Crippen LogP contribution in [0.25, 0.3) is 11.1 Å². The van der Waals surface area contributed by atoms with E-state index in [1.54, 1.807) is 42.0 Å². The Morgan fingerprint density at radius 1 is 1.14 bits per heavy atom. The number of aromatic nitrogens is 2. The smallest absolute Gasteiger partial charge is 0.262 e. The van der Waals surface area contributed by atoms with Crippen LogP contribution < -0.4 is 4.72 Å². The van der Waals surface area contributed by atoms with Gasteiger partial charge in [-0.05, 0) is 38.3 Å². The lowest BCUT2D eigenvalue weighted by molar-refractivity contribution is 0.00326. The van der Waals surface area contributed by atoms with Gasteiger partial charge in [-0.15, -0.1) is 11.3 Å². The Morgan fingerprint density at radius 3 is 2.52 bits per heavy atom. The number of nitrogens with zero attached hydrogens (tertiary/aromatic N) is 2. The Bertz CT molecular complexity index is 1100. The highest BCUT2D eigenvalue weighted by atomic mass is 32.2. The van der Waals surface area contributed by atoms with Crippen LogP contribution in [0.2, 0.25) is 0 Å². The number of anilines is 1. The molecule has 2 aromatic heterocycles. The van der Waals surface area contributed by atoms with Gasteiger partial charge in [0.05, 0.1) is 21.1 Å². The van der Waals surface area contributed by atoms with Crippen LogP contribution in [0.5, 0.6) is 0 Å². The van der Waals surface area contributed by atoms with Crippen molar-refractivity contribution in [2.75, 3.05) is 11.3 Å². The second-order valence-electron chi connectivity index (χ2n) is 7.22. The topological polar surface area (TPSA) is 98.2 Å². The largest absolute Gasteiger partial charge is 0.368 e. The molecule has 3 aromatic rings. The van der Waals surface area contributed by atoms with Crippen molar-refractivity contribution in [2.45, 2.75) is 31.3 Å². The van der Waals surface area contributed by atoms with E-state index in [4.69, 9.17) is 4.74 Å². The molecule has 0 aliphatic carbocycles. The van der Waals surface area contributed by atoms with Crippen molar-refractivity contribution in [3.63, 3.8) is 0 Å². The summed E-state index contributed by atoms with van der Waals surface area (Å²) in [5, 5.41) is 1.67. The van der Waals surface area contributed by atoms with Crippen molar-refractivity contribution in [2.24, 2.45) is 0 Å². The third kappa shape index (κ3) is 5.26. The van der Waals surface area contributed by atoms with E-state index < -0.39 is 15.6 Å². The summed E-state index contributed by atoms with van der Waals surface area (Å²) in [6.45, 7) is 5.42. The summed E-state index contributed by atoms with van der Waals surface area (Å²) in [5.74, 6) is -0.280. The normalized spacial score (nSPS) is 12.0. The van der Waals surface area contributed by atoms with Gasteiger partial charge in [-0.2, -0.15) is 0 Å². The molecule has 2 heterocycles. The van der Waals surface area contributed by atoms with Gasteiger partial charge < -0.3 is 4.74 Å². The number of benzene rings is 1. The molecule has 0 aliphatic heterocycles. The third-order valence-corrected chi connectivity index (χ3v) is 6.23. The van der Waals surface area contributed by atoms with Gasteiger partial charge in [-0.3, -0.25) is 9.52 Å². The van der Waals surface area contributed by atoms with Crippen molar-refractivity contribution < 1.29 is 17.9 Å². The number of hydrogen-bond acceptors (Lipinski definition) is 7. The Balaban J connectivity index is 1.89. The lowest BCUT2D eigenvalue weighted by atomic mass is 10.1. The van der Waals surface area contributed by atoms with Crippen molar-refractivity contribution in [1.29, 1.82) is 0 Å². The molecule has 0 saturated carbocycles. The molecule has 0 fully saturated rings. The fourth-order valence-corrected chi connectivity index (χ4v) is 4.67. The number of nitrogens with one attached hydrogen (secondary N) is 1. The lowest BCUT2D eigenvalue weighted by Gasteiger charge is -2.19. The Kier molecular flexibility index (Phi) is 6.11. The molecule has 1 aromatic carbocycles. The zero-order chi connectivity index (χ0) is 21.1. The Hall–Kier alpha value is -2.62. The molecule has 7 nitrogen and oxygen atoms in total. The minimum atomic E-state index is -3.95. The maximum Gasteiger partial charge on any atom is 0.262 e. The summed E-state index contributed by atoms with van der Waals surface area (Å²) in [6.07, 6.45) is 4.47. The first-order valence-electron chi connectivity index (χ1n) is 8.79. The first kappa shape index (κ1) is 21.1. The van der Waals surface area contributed by atoms with Crippen LogP contribution in [0.1, 0.15) is 30.4 Å². The molecule has 0 bridgehead atoms. The molecule has 0 spiro atoms. The minimum absolute atomic E-state index is 0.0744. The van der Waals surface area contributed by atoms with Gasteiger partial charge in [0.15, 0.2) is 0 Å². The highest BCUT2D eigenvalue weighted by molar-refractivity contribution is 7.92. The summed E-state index contributed by atoms with van der Waals surface area (Å²) >= 11 is 1.17. The molecular weight excluding hydrogens is 410 g/mol. The Labute approximate surface area is 173 Å². The van der Waals surface area contributed by atoms with Crippen molar-refractivity contribution in [1.82, 2.24) is 9.97 Å². The molecule has 1 N–H and O–H groups in total. The average Bonchev–Trinajstić information content (AvgIpc) is 3.13. The highest BCUT2D eigenvalue weighted by Crippen LogP contribution is 2.30. The zero-order valence-corrected chi connectivity index (χ0v) is 17.9. The molecule has 29 heavy (non-hydrogen) atoms. The van der Waals surface area contributed by atoms with Crippen molar-refractivity contribution in [3.8, 4) is 11.1 Å². The first-order valence-corrected chi connectivity index (χ1v) is 11.2. The van der Waals surface area contributed by atoms with Crippen molar-refractivity contribution >= 4 is 32.8 Å². The first-order chi connectivity index (χ1) is 13.7. The molecule has 152 valence electrons. The van der Waals surface area contributed by atoms with E-state index in [-0.39, 0.29) is 23.0 Å². The molecule has 9 heteroatoms. The highest BCUT2D eigenvalue weighted by Gasteiger charge is 2.24. The van der Waals surface area contributed by atoms with Gasteiger partial charge in [-0.25, -0.2) is 18.4 Å². The van der Waals surface area contributed by atoms with Crippen LogP contribution in [-0.2, 0) is 14.8 Å². The molecule has 3 rings (SSSR count). The van der Waals surface area contributed by atoms with Gasteiger partial charge in [0.1, 0.15) is 12.9 Å². The van der Waals surface area contributed by atoms with E-state index in [2.05, 4.69) is 14.7 Å². The number of ketones is 1. The number of hydrogen-bond donors (Lipinski definition) is 1. The van der Waals surface area contributed by atoms with Crippen LogP contribution in [0.4, 0.5) is 5.69 Å². The van der Waals surface area contributed by atoms with Gasteiger partial charge >= 0.3 is 0 Å². The fourth-order valence-electron chi connectivity index (χ4n) is 2.53. The summed E-state index contributed by atoms with van der Waals surface area (Å²) in [6, 6.07) is 8.13. The van der Waals surface area contributed by atoms with Gasteiger partial charge in [0, 0.05) is 23.5 Å². The Morgan fingerprint density at radius 2 is 1.83 bits per heavy atom. The second-order valence-corrected chi connectivity index (χ2v) is 9.78. The van der Waals surface area contributed by atoms with Crippen LogP contribution in [0.3, 0.4) is 0 Å². The standard InChI is InChI=1S/C20H21N3O4S2/c1-20(2,3)27-12-17(24)19-16(8-9-28-19)23-29(25,26)18-7-5-4-6-15(18)14-10-21-13-22-11-14/h4-11,13,23H,12H2,1-3H3.